The van der Waals surface area contributed by atoms with E-state index in [9.17, 15) is 9.59 Å². The van der Waals surface area contributed by atoms with Crippen molar-refractivity contribution in [1.82, 2.24) is 9.78 Å². The van der Waals surface area contributed by atoms with Crippen LogP contribution in [0.4, 0.5) is 5.82 Å². The summed E-state index contributed by atoms with van der Waals surface area (Å²) in [6, 6.07) is 15.3. The van der Waals surface area contributed by atoms with E-state index < -0.39 is 5.91 Å². The first-order valence-corrected chi connectivity index (χ1v) is 11.3. The monoisotopic (exact) mass is 452 g/mol. The molecule has 1 atom stereocenters. The molecule has 0 fully saturated rings. The van der Waals surface area contributed by atoms with E-state index >= 15 is 0 Å². The smallest absolute Gasteiger partial charge is 0.255 e. The van der Waals surface area contributed by atoms with Gasteiger partial charge in [0.05, 0.1) is 29.0 Å². The number of nitrogens with zero attached hydrogens (tertiary/aromatic N) is 2. The van der Waals surface area contributed by atoms with Crippen LogP contribution in [0, 0.1) is 6.92 Å². The van der Waals surface area contributed by atoms with Crippen LogP contribution in [-0.4, -0.2) is 40.6 Å². The second-order valence-corrected chi connectivity index (χ2v) is 8.32. The first-order chi connectivity index (χ1) is 15.5. The maximum atomic E-state index is 12.5. The third kappa shape index (κ3) is 4.43. The quantitative estimate of drug-likeness (QED) is 0.570. The van der Waals surface area contributed by atoms with Crippen LogP contribution in [0.15, 0.2) is 48.5 Å². The Morgan fingerprint density at radius 2 is 2.00 bits per heavy atom. The molecule has 9 heteroatoms. The van der Waals surface area contributed by atoms with E-state index in [2.05, 4.69) is 5.32 Å². The number of carbonyl (C=O) groups is 2. The molecule has 2 amide bonds. The number of thioether (sulfide) groups is 1. The number of rotatable bonds is 7. The molecular formula is C23H24N4O4S. The molecule has 2 heterocycles. The minimum atomic E-state index is -0.561. The van der Waals surface area contributed by atoms with Gasteiger partial charge in [-0.1, -0.05) is 24.3 Å². The minimum absolute atomic E-state index is 0.0812. The predicted molar refractivity (Wildman–Crippen MR) is 124 cm³/mol. The molecule has 0 spiro atoms. The molecule has 0 bridgehead atoms. The summed E-state index contributed by atoms with van der Waals surface area (Å²) < 4.78 is 13.0. The van der Waals surface area contributed by atoms with Gasteiger partial charge in [-0.3, -0.25) is 9.59 Å². The highest BCUT2D eigenvalue weighted by Crippen LogP contribution is 2.45. The second-order valence-electron chi connectivity index (χ2n) is 7.23. The van der Waals surface area contributed by atoms with Crippen molar-refractivity contribution in [3.63, 3.8) is 0 Å². The predicted octanol–water partition coefficient (Wildman–Crippen LogP) is 3.22. The minimum Gasteiger partial charge on any atom is -0.490 e. The second kappa shape index (κ2) is 9.35. The van der Waals surface area contributed by atoms with Gasteiger partial charge in [-0.25, -0.2) is 4.68 Å². The zero-order valence-corrected chi connectivity index (χ0v) is 18.6. The summed E-state index contributed by atoms with van der Waals surface area (Å²) in [6.07, 6.45) is 0. The first kappa shape index (κ1) is 21.8. The summed E-state index contributed by atoms with van der Waals surface area (Å²) >= 11 is 1.53. The van der Waals surface area contributed by atoms with E-state index in [1.807, 2.05) is 56.3 Å². The van der Waals surface area contributed by atoms with Gasteiger partial charge in [0.15, 0.2) is 18.1 Å². The Morgan fingerprint density at radius 1 is 1.22 bits per heavy atom. The average molecular weight is 453 g/mol. The molecule has 3 aromatic rings. The Bertz CT molecular complexity index is 1150. The van der Waals surface area contributed by atoms with Gasteiger partial charge in [0, 0.05) is 5.56 Å². The number of anilines is 1. The maximum absolute atomic E-state index is 12.5. The third-order valence-corrected chi connectivity index (χ3v) is 6.22. The first-order valence-electron chi connectivity index (χ1n) is 10.2. The number of primary amides is 1. The Balaban J connectivity index is 1.78. The zero-order chi connectivity index (χ0) is 22.7. The number of hydrogen-bond acceptors (Lipinski definition) is 6. The molecule has 166 valence electrons. The van der Waals surface area contributed by atoms with Crippen LogP contribution in [0.2, 0.25) is 0 Å². The summed E-state index contributed by atoms with van der Waals surface area (Å²) in [5.74, 6) is 1.29. The molecule has 0 aliphatic carbocycles. The zero-order valence-electron chi connectivity index (χ0n) is 17.8. The van der Waals surface area contributed by atoms with Gasteiger partial charge >= 0.3 is 0 Å². The van der Waals surface area contributed by atoms with Crippen LogP contribution >= 0.6 is 11.8 Å². The van der Waals surface area contributed by atoms with Crippen LogP contribution in [-0.2, 0) is 9.59 Å². The fraction of sp³-hybridized carbons (Fsp3) is 0.261. The summed E-state index contributed by atoms with van der Waals surface area (Å²) in [6.45, 7) is 4.02. The van der Waals surface area contributed by atoms with Crippen molar-refractivity contribution in [3.05, 3.63) is 65.4 Å². The Morgan fingerprint density at radius 3 is 2.72 bits per heavy atom. The van der Waals surface area contributed by atoms with Crippen LogP contribution in [0.25, 0.3) is 5.69 Å². The standard InChI is InChI=1S/C23H24N4O4S/c1-3-30-18-11-15(9-10-17(18)31-12-19(24)28)22-21-14(2)26-27(16-7-5-4-6-8-16)23(21)25-20(29)13-32-22/h4-11,22H,3,12-13H2,1-2H3,(H2,24,28)(H,25,29). The maximum Gasteiger partial charge on any atom is 0.255 e. The largest absolute Gasteiger partial charge is 0.490 e. The van der Waals surface area contributed by atoms with Gasteiger partial charge in [0.2, 0.25) is 5.91 Å². The molecule has 0 radical (unpaired) electrons. The number of amides is 2. The van der Waals surface area contributed by atoms with E-state index in [1.165, 1.54) is 11.8 Å². The summed E-state index contributed by atoms with van der Waals surface area (Å²) in [5.41, 5.74) is 8.79. The number of ether oxygens (including phenoxy) is 2. The molecule has 0 saturated heterocycles. The molecule has 1 aliphatic rings. The van der Waals surface area contributed by atoms with Crippen LogP contribution in [0.5, 0.6) is 11.5 Å². The SMILES string of the molecule is CCOc1cc(C2SCC(=O)Nc3c2c(C)nn3-c2ccccc2)ccc1OCC(N)=O. The number of benzene rings is 2. The van der Waals surface area contributed by atoms with Gasteiger partial charge < -0.3 is 20.5 Å². The van der Waals surface area contributed by atoms with Crippen molar-refractivity contribution in [3.8, 4) is 17.2 Å². The van der Waals surface area contributed by atoms with Crippen LogP contribution in [0.1, 0.15) is 29.0 Å². The number of hydrogen-bond donors (Lipinski definition) is 2. The van der Waals surface area contributed by atoms with E-state index in [1.54, 1.807) is 10.7 Å². The normalized spacial score (nSPS) is 15.4. The van der Waals surface area contributed by atoms with E-state index in [4.69, 9.17) is 20.3 Å². The summed E-state index contributed by atoms with van der Waals surface area (Å²) in [5, 5.41) is 7.60. The average Bonchev–Trinajstić information content (AvgIpc) is 2.98. The van der Waals surface area contributed by atoms with Crippen molar-refractivity contribution < 1.29 is 19.1 Å². The van der Waals surface area contributed by atoms with Crippen LogP contribution < -0.4 is 20.5 Å². The number of nitrogens with one attached hydrogen (secondary N) is 1. The lowest BCUT2D eigenvalue weighted by molar-refractivity contribution is -0.120. The number of nitrogens with two attached hydrogens (primary N) is 1. The highest BCUT2D eigenvalue weighted by atomic mass is 32.2. The lowest BCUT2D eigenvalue weighted by Gasteiger charge is -2.18. The lowest BCUT2D eigenvalue weighted by atomic mass is 10.0. The Hall–Kier alpha value is -3.46. The summed E-state index contributed by atoms with van der Waals surface area (Å²) in [7, 11) is 0. The molecule has 3 N–H and O–H groups in total. The number of carbonyl (C=O) groups excluding carboxylic acids is 2. The number of para-hydroxylation sites is 1. The van der Waals surface area contributed by atoms with Crippen LogP contribution in [0.3, 0.4) is 0 Å². The molecule has 1 unspecified atom stereocenters. The topological polar surface area (TPSA) is 108 Å². The molecule has 8 nitrogen and oxygen atoms in total. The van der Waals surface area contributed by atoms with E-state index in [0.29, 0.717) is 29.7 Å². The van der Waals surface area contributed by atoms with Gasteiger partial charge in [-0.2, -0.15) is 5.10 Å². The third-order valence-electron chi connectivity index (χ3n) is 4.95. The highest BCUT2D eigenvalue weighted by Gasteiger charge is 2.31. The number of aromatic nitrogens is 2. The van der Waals surface area contributed by atoms with Gasteiger partial charge in [0.25, 0.3) is 5.91 Å². The van der Waals surface area contributed by atoms with Crippen molar-refractivity contribution in [2.24, 2.45) is 5.73 Å². The number of aryl methyl sites for hydroxylation is 1. The number of fused-ring (bicyclic) bond motifs is 1. The van der Waals surface area contributed by atoms with Gasteiger partial charge in [-0.15, -0.1) is 11.8 Å². The Labute approximate surface area is 190 Å². The van der Waals surface area contributed by atoms with Crippen molar-refractivity contribution in [2.45, 2.75) is 19.1 Å². The van der Waals surface area contributed by atoms with Crippen molar-refractivity contribution in [2.75, 3.05) is 24.3 Å². The molecule has 1 aliphatic heterocycles. The van der Waals surface area contributed by atoms with Gasteiger partial charge in [0.1, 0.15) is 5.82 Å². The molecule has 4 rings (SSSR count). The highest BCUT2D eigenvalue weighted by molar-refractivity contribution is 8.00. The van der Waals surface area contributed by atoms with Crippen molar-refractivity contribution >= 4 is 29.4 Å². The fourth-order valence-electron chi connectivity index (χ4n) is 3.63. The molecular weight excluding hydrogens is 428 g/mol. The molecule has 32 heavy (non-hydrogen) atoms. The molecule has 2 aromatic carbocycles. The lowest BCUT2D eigenvalue weighted by Crippen LogP contribution is -2.20. The molecule has 1 aromatic heterocycles. The summed E-state index contributed by atoms with van der Waals surface area (Å²) in [4.78, 5) is 23.7. The Kier molecular flexibility index (Phi) is 6.36. The van der Waals surface area contributed by atoms with Crippen molar-refractivity contribution in [1.29, 1.82) is 0 Å². The van der Waals surface area contributed by atoms with E-state index in [-0.39, 0.29) is 17.8 Å². The van der Waals surface area contributed by atoms with Gasteiger partial charge in [-0.05, 0) is 43.7 Å². The molecule has 0 saturated carbocycles. The van der Waals surface area contributed by atoms with E-state index in [0.717, 1.165) is 22.5 Å². The fourth-order valence-corrected chi connectivity index (χ4v) is 4.81.